The van der Waals surface area contributed by atoms with Crippen LogP contribution in [-0.4, -0.2) is 18.5 Å². The van der Waals surface area contributed by atoms with Crippen molar-refractivity contribution in [1.29, 1.82) is 0 Å². The monoisotopic (exact) mass is 418 g/mol. The van der Waals surface area contributed by atoms with Gasteiger partial charge in [-0.25, -0.2) is 0 Å². The Bertz CT molecular complexity index is 582. The summed E-state index contributed by atoms with van der Waals surface area (Å²) in [5, 5.41) is 0. The van der Waals surface area contributed by atoms with Crippen molar-refractivity contribution >= 4 is 11.9 Å². The molecule has 1 aromatic rings. The van der Waals surface area contributed by atoms with E-state index < -0.39 is 0 Å². The molecule has 4 nitrogen and oxygen atoms in total. The number of carbonyl (C=O) groups is 2. The second kappa shape index (κ2) is 18.0. The van der Waals surface area contributed by atoms with E-state index in [1.807, 2.05) is 24.3 Å². The van der Waals surface area contributed by atoms with Crippen molar-refractivity contribution in [3.8, 4) is 5.75 Å². The van der Waals surface area contributed by atoms with Crippen LogP contribution in [0.25, 0.3) is 0 Å². The van der Waals surface area contributed by atoms with E-state index in [0.29, 0.717) is 38.0 Å². The van der Waals surface area contributed by atoms with Crippen LogP contribution in [0.5, 0.6) is 5.75 Å². The van der Waals surface area contributed by atoms with E-state index in [-0.39, 0.29) is 11.9 Å². The molecule has 0 saturated carbocycles. The maximum Gasteiger partial charge on any atom is 0.311 e. The van der Waals surface area contributed by atoms with Gasteiger partial charge in [0.1, 0.15) is 5.75 Å². The fourth-order valence-electron chi connectivity index (χ4n) is 3.46. The van der Waals surface area contributed by atoms with Gasteiger partial charge in [0.05, 0.1) is 6.61 Å². The van der Waals surface area contributed by atoms with Gasteiger partial charge in [0.2, 0.25) is 0 Å². The predicted octanol–water partition coefficient (Wildman–Crippen LogP) is 7.18. The first-order chi connectivity index (χ1) is 14.7. The quantitative estimate of drug-likeness (QED) is 0.144. The summed E-state index contributed by atoms with van der Waals surface area (Å²) in [4.78, 5) is 23.8. The number of rotatable bonds is 18. The molecule has 0 radical (unpaired) electrons. The van der Waals surface area contributed by atoms with Gasteiger partial charge >= 0.3 is 11.9 Å². The van der Waals surface area contributed by atoms with Crippen LogP contribution in [0.2, 0.25) is 0 Å². The largest absolute Gasteiger partial charge is 0.466 e. The van der Waals surface area contributed by atoms with Gasteiger partial charge in [-0.15, -0.1) is 0 Å². The molecule has 1 rings (SSSR count). The molecule has 0 bridgehead atoms. The molecule has 4 heteroatoms. The number of esters is 2. The third kappa shape index (κ3) is 13.4. The molecular weight excluding hydrogens is 376 g/mol. The average molecular weight is 419 g/mol. The summed E-state index contributed by atoms with van der Waals surface area (Å²) < 4.78 is 10.8. The summed E-state index contributed by atoms with van der Waals surface area (Å²) >= 11 is 0. The molecule has 0 spiro atoms. The summed E-state index contributed by atoms with van der Waals surface area (Å²) in [5.41, 5.74) is 1.06. The second-order valence-corrected chi connectivity index (χ2v) is 8.09. The van der Waals surface area contributed by atoms with Crippen molar-refractivity contribution in [2.24, 2.45) is 0 Å². The Morgan fingerprint density at radius 1 is 0.700 bits per heavy atom. The highest BCUT2D eigenvalue weighted by molar-refractivity contribution is 5.73. The van der Waals surface area contributed by atoms with Crippen LogP contribution >= 0.6 is 0 Å². The topological polar surface area (TPSA) is 52.6 Å². The van der Waals surface area contributed by atoms with Crippen molar-refractivity contribution < 1.29 is 19.1 Å². The smallest absolute Gasteiger partial charge is 0.311 e. The van der Waals surface area contributed by atoms with E-state index >= 15 is 0 Å². The fraction of sp³-hybridized carbons (Fsp3) is 0.692. The van der Waals surface area contributed by atoms with E-state index in [1.165, 1.54) is 44.9 Å². The Morgan fingerprint density at radius 2 is 1.30 bits per heavy atom. The Kier molecular flexibility index (Phi) is 15.7. The number of carbonyl (C=O) groups excluding carboxylic acids is 2. The Hall–Kier alpha value is -1.84. The van der Waals surface area contributed by atoms with Gasteiger partial charge in [0.15, 0.2) is 0 Å². The third-order valence-electron chi connectivity index (χ3n) is 5.24. The van der Waals surface area contributed by atoms with Crippen LogP contribution < -0.4 is 4.74 Å². The van der Waals surface area contributed by atoms with Crippen LogP contribution in [0.4, 0.5) is 0 Å². The van der Waals surface area contributed by atoms with Gasteiger partial charge in [0, 0.05) is 12.8 Å². The zero-order valence-corrected chi connectivity index (χ0v) is 19.3. The van der Waals surface area contributed by atoms with Gasteiger partial charge in [-0.1, -0.05) is 89.8 Å². The molecule has 0 aliphatic carbocycles. The normalized spacial score (nSPS) is 10.7. The number of para-hydroxylation sites is 1. The maximum absolute atomic E-state index is 12.0. The first-order valence-electron chi connectivity index (χ1n) is 12.1. The molecule has 0 fully saturated rings. The lowest BCUT2D eigenvalue weighted by atomic mass is 10.1. The summed E-state index contributed by atoms with van der Waals surface area (Å²) in [6.07, 6.45) is 15.2. The van der Waals surface area contributed by atoms with Crippen molar-refractivity contribution in [3.05, 3.63) is 29.8 Å². The molecule has 30 heavy (non-hydrogen) atoms. The molecule has 0 amide bonds. The van der Waals surface area contributed by atoms with Crippen molar-refractivity contribution in [2.45, 2.75) is 110 Å². The average Bonchev–Trinajstić information content (AvgIpc) is 2.74. The van der Waals surface area contributed by atoms with Crippen LogP contribution in [-0.2, 0) is 20.7 Å². The minimum atomic E-state index is -0.235. The van der Waals surface area contributed by atoms with Crippen LogP contribution in [0.3, 0.4) is 0 Å². The lowest BCUT2D eigenvalue weighted by molar-refractivity contribution is -0.144. The lowest BCUT2D eigenvalue weighted by Gasteiger charge is -2.09. The summed E-state index contributed by atoms with van der Waals surface area (Å²) in [6.45, 7) is 4.86. The van der Waals surface area contributed by atoms with Crippen molar-refractivity contribution in [3.63, 3.8) is 0 Å². The van der Waals surface area contributed by atoms with E-state index in [9.17, 15) is 9.59 Å². The Labute approximate surface area is 183 Å². The molecule has 0 aliphatic rings. The highest BCUT2D eigenvalue weighted by Gasteiger charge is 2.09. The maximum atomic E-state index is 12.0. The SMILES string of the molecule is CCCCCCCCCCCOC(=O)CCCCC(=O)Oc1ccccc1CCC. The molecule has 0 atom stereocenters. The first-order valence-corrected chi connectivity index (χ1v) is 12.1. The van der Waals surface area contributed by atoms with Crippen LogP contribution in [0.15, 0.2) is 24.3 Å². The minimum Gasteiger partial charge on any atom is -0.466 e. The summed E-state index contributed by atoms with van der Waals surface area (Å²) in [7, 11) is 0. The van der Waals surface area contributed by atoms with E-state index in [0.717, 1.165) is 31.2 Å². The predicted molar refractivity (Wildman–Crippen MR) is 123 cm³/mol. The molecular formula is C26H42O4. The number of hydrogen-bond donors (Lipinski definition) is 0. The van der Waals surface area contributed by atoms with Crippen molar-refractivity contribution in [1.82, 2.24) is 0 Å². The number of benzene rings is 1. The highest BCUT2D eigenvalue weighted by atomic mass is 16.5. The highest BCUT2D eigenvalue weighted by Crippen LogP contribution is 2.20. The van der Waals surface area contributed by atoms with E-state index in [2.05, 4.69) is 13.8 Å². The van der Waals surface area contributed by atoms with Gasteiger partial charge in [-0.05, 0) is 37.3 Å². The molecule has 0 heterocycles. The summed E-state index contributed by atoms with van der Waals surface area (Å²) in [5.74, 6) is 0.266. The minimum absolute atomic E-state index is 0.156. The number of ether oxygens (including phenoxy) is 2. The van der Waals surface area contributed by atoms with Gasteiger partial charge in [0.25, 0.3) is 0 Å². The van der Waals surface area contributed by atoms with Gasteiger partial charge in [-0.3, -0.25) is 9.59 Å². The molecule has 0 saturated heterocycles. The third-order valence-corrected chi connectivity index (χ3v) is 5.24. The van der Waals surface area contributed by atoms with Gasteiger partial charge in [-0.2, -0.15) is 0 Å². The zero-order valence-electron chi connectivity index (χ0n) is 19.3. The molecule has 0 aliphatic heterocycles. The van der Waals surface area contributed by atoms with Gasteiger partial charge < -0.3 is 9.47 Å². The first kappa shape index (κ1) is 26.2. The molecule has 1 aromatic carbocycles. The molecule has 0 N–H and O–H groups in total. The van der Waals surface area contributed by atoms with E-state index in [1.54, 1.807) is 0 Å². The van der Waals surface area contributed by atoms with Crippen LogP contribution in [0, 0.1) is 0 Å². The van der Waals surface area contributed by atoms with Crippen molar-refractivity contribution in [2.75, 3.05) is 6.61 Å². The van der Waals surface area contributed by atoms with Crippen LogP contribution in [0.1, 0.15) is 109 Å². The Balaban J connectivity index is 2.00. The number of aryl methyl sites for hydroxylation is 1. The van der Waals surface area contributed by atoms with E-state index in [4.69, 9.17) is 9.47 Å². The number of hydrogen-bond acceptors (Lipinski definition) is 4. The number of unbranched alkanes of at least 4 members (excludes halogenated alkanes) is 9. The lowest BCUT2D eigenvalue weighted by Crippen LogP contribution is -2.10. The fourth-order valence-corrected chi connectivity index (χ4v) is 3.46. The zero-order chi connectivity index (χ0) is 21.9. The summed E-state index contributed by atoms with van der Waals surface area (Å²) in [6, 6.07) is 7.68. The standard InChI is InChI=1S/C26H42O4/c1-3-5-6-7-8-9-10-11-16-22-29-25(27)20-14-15-21-26(28)30-24-19-13-12-18-23(24)17-4-2/h12-13,18-19H,3-11,14-17,20-22H2,1-2H3. The molecule has 0 aromatic heterocycles. The molecule has 170 valence electrons. The Morgan fingerprint density at radius 3 is 1.97 bits per heavy atom. The molecule has 0 unspecified atom stereocenters. The second-order valence-electron chi connectivity index (χ2n) is 8.09.